The van der Waals surface area contributed by atoms with Crippen molar-refractivity contribution in [2.75, 3.05) is 39.6 Å². The number of hydrogen-bond donors (Lipinski definition) is 2. The molecule has 0 saturated heterocycles. The predicted molar refractivity (Wildman–Crippen MR) is 94.7 cm³/mol. The number of nitrogens with two attached hydrogens (primary N) is 1. The van der Waals surface area contributed by atoms with Crippen LogP contribution in [0.25, 0.3) is 0 Å². The van der Waals surface area contributed by atoms with Gasteiger partial charge in [0.2, 0.25) is 0 Å². The molecule has 22 heavy (non-hydrogen) atoms. The molecule has 0 heterocycles. The summed E-state index contributed by atoms with van der Waals surface area (Å²) in [5.74, 6) is 1.30. The lowest BCUT2D eigenvalue weighted by Gasteiger charge is -2.08. The van der Waals surface area contributed by atoms with Crippen LogP contribution < -0.4 is 15.8 Å². The topological polar surface area (TPSA) is 62.9 Å². The van der Waals surface area contributed by atoms with Gasteiger partial charge in [0.25, 0.3) is 0 Å². The minimum absolute atomic E-state index is 0.470. The molecule has 0 spiro atoms. The van der Waals surface area contributed by atoms with Gasteiger partial charge in [0.1, 0.15) is 5.75 Å². The molecular weight excluding hydrogens is 276 g/mol. The summed E-state index contributed by atoms with van der Waals surface area (Å²) < 4.78 is 5.11. The quantitative estimate of drug-likeness (QED) is 0.396. The van der Waals surface area contributed by atoms with Gasteiger partial charge in [0.15, 0.2) is 5.96 Å². The average Bonchev–Trinajstić information content (AvgIpc) is 2.50. The molecule has 3 N–H and O–H groups in total. The Labute approximate surface area is 134 Å². The number of hydrogen-bond acceptors (Lipinski definition) is 3. The Bertz CT molecular complexity index is 429. The van der Waals surface area contributed by atoms with Gasteiger partial charge >= 0.3 is 0 Å². The third-order valence-corrected chi connectivity index (χ3v) is 3.41. The predicted octanol–water partition coefficient (Wildman–Crippen LogP) is 2.93. The third-order valence-electron chi connectivity index (χ3n) is 3.41. The van der Waals surface area contributed by atoms with E-state index >= 15 is 0 Å². The van der Waals surface area contributed by atoms with Crippen LogP contribution in [-0.2, 0) is 0 Å². The number of rotatable bonds is 10. The first kappa shape index (κ1) is 18.3. The first-order valence-electron chi connectivity index (χ1n) is 7.97. The second-order valence-corrected chi connectivity index (χ2v) is 5.69. The second kappa shape index (κ2) is 10.9. The Morgan fingerprint density at radius 1 is 1.09 bits per heavy atom. The molecule has 1 aromatic carbocycles. The summed E-state index contributed by atoms with van der Waals surface area (Å²) in [5.41, 5.74) is 6.80. The van der Waals surface area contributed by atoms with Crippen LogP contribution in [0.3, 0.4) is 0 Å². The highest BCUT2D eigenvalue weighted by molar-refractivity contribution is 5.92. The SMILES string of the molecule is COc1ccc(NC(N)=NCCCCCCCN(C)C)cc1. The molecule has 0 fully saturated rings. The van der Waals surface area contributed by atoms with Gasteiger partial charge in [-0.15, -0.1) is 0 Å². The Hall–Kier alpha value is -1.75. The molecule has 1 rings (SSSR count). The molecule has 0 unspecified atom stereocenters. The molecule has 0 aliphatic heterocycles. The molecule has 0 aromatic heterocycles. The monoisotopic (exact) mass is 306 g/mol. The van der Waals surface area contributed by atoms with Gasteiger partial charge < -0.3 is 20.7 Å². The van der Waals surface area contributed by atoms with E-state index in [-0.39, 0.29) is 0 Å². The molecule has 0 bridgehead atoms. The van der Waals surface area contributed by atoms with E-state index in [4.69, 9.17) is 10.5 Å². The highest BCUT2D eigenvalue weighted by atomic mass is 16.5. The fourth-order valence-corrected chi connectivity index (χ4v) is 2.13. The number of aliphatic imine (C=N–C) groups is 1. The van der Waals surface area contributed by atoms with Crippen LogP contribution in [-0.4, -0.2) is 45.2 Å². The second-order valence-electron chi connectivity index (χ2n) is 5.69. The first-order chi connectivity index (χ1) is 10.6. The van der Waals surface area contributed by atoms with E-state index in [1.54, 1.807) is 7.11 Å². The number of ether oxygens (including phenoxy) is 1. The van der Waals surface area contributed by atoms with Crippen molar-refractivity contribution in [3.05, 3.63) is 24.3 Å². The Morgan fingerprint density at radius 2 is 1.73 bits per heavy atom. The van der Waals surface area contributed by atoms with E-state index in [1.165, 1.54) is 32.2 Å². The van der Waals surface area contributed by atoms with Crippen LogP contribution in [0, 0.1) is 0 Å². The average molecular weight is 306 g/mol. The molecule has 0 saturated carbocycles. The fraction of sp³-hybridized carbons (Fsp3) is 0.588. The molecule has 0 radical (unpaired) electrons. The van der Waals surface area contributed by atoms with Gasteiger partial charge in [-0.05, 0) is 57.7 Å². The number of benzene rings is 1. The normalized spacial score (nSPS) is 11.7. The summed E-state index contributed by atoms with van der Waals surface area (Å²) in [5, 5.41) is 3.08. The van der Waals surface area contributed by atoms with Crippen molar-refractivity contribution in [2.24, 2.45) is 10.7 Å². The maximum absolute atomic E-state index is 5.87. The molecule has 0 atom stereocenters. The van der Waals surface area contributed by atoms with Crippen molar-refractivity contribution >= 4 is 11.6 Å². The van der Waals surface area contributed by atoms with Gasteiger partial charge in [-0.1, -0.05) is 19.3 Å². The molecule has 5 heteroatoms. The fourth-order valence-electron chi connectivity index (χ4n) is 2.13. The van der Waals surface area contributed by atoms with E-state index in [0.717, 1.165) is 24.4 Å². The van der Waals surface area contributed by atoms with Crippen molar-refractivity contribution in [1.29, 1.82) is 0 Å². The van der Waals surface area contributed by atoms with Crippen LogP contribution in [0.5, 0.6) is 5.75 Å². The van der Waals surface area contributed by atoms with Crippen LogP contribution in [0.4, 0.5) is 5.69 Å². The summed E-state index contributed by atoms with van der Waals surface area (Å²) >= 11 is 0. The van der Waals surface area contributed by atoms with Crippen molar-refractivity contribution in [2.45, 2.75) is 32.1 Å². The van der Waals surface area contributed by atoms with Gasteiger partial charge in [-0.25, -0.2) is 0 Å². The summed E-state index contributed by atoms with van der Waals surface area (Å²) in [7, 11) is 5.89. The summed E-state index contributed by atoms with van der Waals surface area (Å²) in [6, 6.07) is 7.63. The van der Waals surface area contributed by atoms with Gasteiger partial charge in [0.05, 0.1) is 7.11 Å². The molecular formula is C17H30N4O. The number of nitrogens with one attached hydrogen (secondary N) is 1. The Kier molecular flexibility index (Phi) is 9.07. The molecule has 124 valence electrons. The van der Waals surface area contributed by atoms with Crippen LogP contribution in [0.2, 0.25) is 0 Å². The Balaban J connectivity index is 2.12. The number of methoxy groups -OCH3 is 1. The zero-order valence-electron chi connectivity index (χ0n) is 14.1. The number of nitrogens with zero attached hydrogens (tertiary/aromatic N) is 2. The molecule has 0 aliphatic carbocycles. The lowest BCUT2D eigenvalue weighted by atomic mass is 10.1. The largest absolute Gasteiger partial charge is 0.497 e. The lowest BCUT2D eigenvalue weighted by Crippen LogP contribution is -2.22. The first-order valence-corrected chi connectivity index (χ1v) is 7.97. The van der Waals surface area contributed by atoms with Gasteiger partial charge in [-0.3, -0.25) is 4.99 Å². The third kappa shape index (κ3) is 8.52. The molecule has 1 aromatic rings. The zero-order chi connectivity index (χ0) is 16.2. The van der Waals surface area contributed by atoms with Crippen LogP contribution in [0.15, 0.2) is 29.3 Å². The van der Waals surface area contributed by atoms with Gasteiger partial charge in [-0.2, -0.15) is 0 Å². The van der Waals surface area contributed by atoms with Crippen molar-refractivity contribution in [3.8, 4) is 5.75 Å². The van der Waals surface area contributed by atoms with Crippen LogP contribution in [0.1, 0.15) is 32.1 Å². The van der Waals surface area contributed by atoms with E-state index in [1.807, 2.05) is 24.3 Å². The molecule has 0 amide bonds. The van der Waals surface area contributed by atoms with Gasteiger partial charge in [0, 0.05) is 12.2 Å². The number of unbranched alkanes of at least 4 members (excludes halogenated alkanes) is 4. The Morgan fingerprint density at radius 3 is 2.36 bits per heavy atom. The van der Waals surface area contributed by atoms with Crippen molar-refractivity contribution in [1.82, 2.24) is 4.90 Å². The maximum atomic E-state index is 5.87. The maximum Gasteiger partial charge on any atom is 0.193 e. The smallest absolute Gasteiger partial charge is 0.193 e. The van der Waals surface area contributed by atoms with Crippen molar-refractivity contribution < 1.29 is 4.74 Å². The summed E-state index contributed by atoms with van der Waals surface area (Å²) in [6.07, 6.45) is 6.15. The number of guanidine groups is 1. The van der Waals surface area contributed by atoms with E-state index < -0.39 is 0 Å². The minimum atomic E-state index is 0.470. The summed E-state index contributed by atoms with van der Waals surface area (Å²) in [6.45, 7) is 1.96. The minimum Gasteiger partial charge on any atom is -0.497 e. The molecule has 0 aliphatic rings. The molecule has 5 nitrogen and oxygen atoms in total. The summed E-state index contributed by atoms with van der Waals surface area (Å²) in [4.78, 5) is 6.58. The van der Waals surface area contributed by atoms with E-state index in [2.05, 4.69) is 29.3 Å². The number of anilines is 1. The highest BCUT2D eigenvalue weighted by Crippen LogP contribution is 2.14. The van der Waals surface area contributed by atoms with Crippen LogP contribution >= 0.6 is 0 Å². The lowest BCUT2D eigenvalue weighted by molar-refractivity contribution is 0.390. The van der Waals surface area contributed by atoms with E-state index in [9.17, 15) is 0 Å². The zero-order valence-corrected chi connectivity index (χ0v) is 14.1. The standard InChI is InChI=1S/C17H30N4O/c1-21(2)14-8-6-4-5-7-13-19-17(18)20-15-9-11-16(22-3)12-10-15/h9-12H,4-8,13-14H2,1-3H3,(H3,18,19,20). The van der Waals surface area contributed by atoms with Crippen molar-refractivity contribution in [3.63, 3.8) is 0 Å². The van der Waals surface area contributed by atoms with E-state index in [0.29, 0.717) is 5.96 Å². The highest BCUT2D eigenvalue weighted by Gasteiger charge is 1.96.